The summed E-state index contributed by atoms with van der Waals surface area (Å²) in [6, 6.07) is 6.69. The molecule has 0 aromatic heterocycles. The molecule has 1 aromatic rings. The van der Waals surface area contributed by atoms with Crippen molar-refractivity contribution in [3.8, 4) is 5.75 Å². The lowest BCUT2D eigenvalue weighted by Crippen LogP contribution is -2.43. The molecular formula is C14H20N2O4. The molecule has 0 unspecified atom stereocenters. The Hall–Kier alpha value is -2.24. The molecule has 0 atom stereocenters. The molecule has 0 saturated heterocycles. The lowest BCUT2D eigenvalue weighted by atomic mass is 10.1. The summed E-state index contributed by atoms with van der Waals surface area (Å²) in [4.78, 5) is 24.7. The number of hydrogen-bond donors (Lipinski definition) is 1. The normalized spacial score (nSPS) is 10.7. The van der Waals surface area contributed by atoms with Crippen LogP contribution in [0.2, 0.25) is 0 Å². The van der Waals surface area contributed by atoms with Gasteiger partial charge in [-0.05, 0) is 45.0 Å². The third-order valence-corrected chi connectivity index (χ3v) is 2.80. The van der Waals surface area contributed by atoms with E-state index in [1.807, 2.05) is 20.8 Å². The zero-order valence-electron chi connectivity index (χ0n) is 12.4. The highest BCUT2D eigenvalue weighted by molar-refractivity contribution is 5.92. The van der Waals surface area contributed by atoms with Crippen LogP contribution in [0.15, 0.2) is 24.3 Å². The van der Waals surface area contributed by atoms with Crippen LogP contribution < -0.4 is 10.1 Å². The van der Waals surface area contributed by atoms with Crippen molar-refractivity contribution in [3.05, 3.63) is 24.3 Å². The maximum Gasteiger partial charge on any atom is 0.420 e. The van der Waals surface area contributed by atoms with Crippen molar-refractivity contribution in [3.63, 3.8) is 0 Å². The predicted molar refractivity (Wildman–Crippen MR) is 76.0 cm³/mol. The van der Waals surface area contributed by atoms with Crippen molar-refractivity contribution in [1.29, 1.82) is 0 Å². The van der Waals surface area contributed by atoms with Crippen LogP contribution in [0, 0.1) is 0 Å². The molecule has 0 saturated carbocycles. The first-order valence-electron chi connectivity index (χ1n) is 6.14. The van der Waals surface area contributed by atoms with Crippen LogP contribution in [0.1, 0.15) is 20.8 Å². The van der Waals surface area contributed by atoms with Crippen LogP contribution in [0.5, 0.6) is 5.75 Å². The van der Waals surface area contributed by atoms with E-state index in [9.17, 15) is 9.59 Å². The fourth-order valence-electron chi connectivity index (χ4n) is 1.24. The Balaban J connectivity index is 2.57. The van der Waals surface area contributed by atoms with Gasteiger partial charge in [-0.15, -0.1) is 0 Å². The van der Waals surface area contributed by atoms with E-state index in [0.29, 0.717) is 11.4 Å². The van der Waals surface area contributed by atoms with Crippen molar-refractivity contribution >= 4 is 17.9 Å². The second-order valence-electron chi connectivity index (χ2n) is 5.24. The van der Waals surface area contributed by atoms with Gasteiger partial charge in [-0.3, -0.25) is 5.32 Å². The Bertz CT molecular complexity index is 477. The molecule has 110 valence electrons. The molecule has 0 aliphatic rings. The minimum Gasteiger partial charge on any atom is -0.497 e. The quantitative estimate of drug-likeness (QED) is 0.845. The lowest BCUT2D eigenvalue weighted by molar-refractivity contribution is 0.103. The average Bonchev–Trinajstić information content (AvgIpc) is 2.37. The molecule has 0 aliphatic heterocycles. The molecule has 1 aromatic carbocycles. The Morgan fingerprint density at radius 3 is 2.15 bits per heavy atom. The van der Waals surface area contributed by atoms with Crippen LogP contribution in [0.4, 0.5) is 15.3 Å². The summed E-state index contributed by atoms with van der Waals surface area (Å²) in [5.74, 6) is 0.674. The van der Waals surface area contributed by atoms with Gasteiger partial charge in [0, 0.05) is 18.3 Å². The Morgan fingerprint density at radius 2 is 1.70 bits per heavy atom. The van der Waals surface area contributed by atoms with Crippen LogP contribution in [-0.4, -0.2) is 36.8 Å². The highest BCUT2D eigenvalue weighted by Crippen LogP contribution is 2.16. The van der Waals surface area contributed by atoms with Gasteiger partial charge in [-0.1, -0.05) is 0 Å². The number of carbonyl (C=O) groups excluding carboxylic acids is 2. The van der Waals surface area contributed by atoms with Gasteiger partial charge >= 0.3 is 12.2 Å². The largest absolute Gasteiger partial charge is 0.497 e. The number of rotatable bonds is 2. The van der Waals surface area contributed by atoms with Crippen molar-refractivity contribution in [2.45, 2.75) is 26.3 Å². The van der Waals surface area contributed by atoms with Gasteiger partial charge in [0.05, 0.1) is 7.11 Å². The number of carbonyl (C=O) groups is 2. The molecule has 6 heteroatoms. The molecule has 0 fully saturated rings. The summed E-state index contributed by atoms with van der Waals surface area (Å²) in [6.45, 7) is 5.53. The molecule has 0 aliphatic carbocycles. The van der Waals surface area contributed by atoms with Gasteiger partial charge in [0.1, 0.15) is 5.75 Å². The zero-order chi connectivity index (χ0) is 15.3. The van der Waals surface area contributed by atoms with Gasteiger partial charge in [0.25, 0.3) is 0 Å². The predicted octanol–water partition coefficient (Wildman–Crippen LogP) is 3.09. The topological polar surface area (TPSA) is 67.9 Å². The van der Waals surface area contributed by atoms with E-state index in [2.05, 4.69) is 5.32 Å². The van der Waals surface area contributed by atoms with Crippen LogP contribution in [-0.2, 0) is 4.74 Å². The fraction of sp³-hybridized carbons (Fsp3) is 0.429. The van der Waals surface area contributed by atoms with Crippen LogP contribution in [0.3, 0.4) is 0 Å². The van der Waals surface area contributed by atoms with E-state index in [-0.39, 0.29) is 0 Å². The third-order valence-electron chi connectivity index (χ3n) is 2.80. The monoisotopic (exact) mass is 280 g/mol. The Kier molecular flexibility index (Phi) is 4.96. The van der Waals surface area contributed by atoms with Gasteiger partial charge in [0.15, 0.2) is 0 Å². The van der Waals surface area contributed by atoms with E-state index >= 15 is 0 Å². The number of benzene rings is 1. The molecule has 6 nitrogen and oxygen atoms in total. The smallest absolute Gasteiger partial charge is 0.420 e. The van der Waals surface area contributed by atoms with Crippen LogP contribution >= 0.6 is 0 Å². The van der Waals surface area contributed by atoms with E-state index < -0.39 is 17.7 Å². The first-order valence-corrected chi connectivity index (χ1v) is 6.14. The number of hydrogen-bond acceptors (Lipinski definition) is 4. The minimum atomic E-state index is -0.823. The van der Waals surface area contributed by atoms with Gasteiger partial charge in [-0.2, -0.15) is 0 Å². The fourth-order valence-corrected chi connectivity index (χ4v) is 1.24. The number of nitrogens with zero attached hydrogens (tertiary/aromatic N) is 1. The van der Waals surface area contributed by atoms with Gasteiger partial charge < -0.3 is 14.4 Å². The number of amides is 2. The first-order chi connectivity index (χ1) is 9.24. The summed E-state index contributed by atoms with van der Waals surface area (Å²) < 4.78 is 9.71. The number of methoxy groups -OCH3 is 1. The maximum atomic E-state index is 11.7. The summed E-state index contributed by atoms with van der Waals surface area (Å²) >= 11 is 0. The van der Waals surface area contributed by atoms with E-state index in [0.717, 1.165) is 0 Å². The van der Waals surface area contributed by atoms with Crippen molar-refractivity contribution in [2.75, 3.05) is 19.5 Å². The molecule has 2 amide bonds. The number of anilines is 1. The summed E-state index contributed by atoms with van der Waals surface area (Å²) in [6.07, 6.45) is -1.53. The standard InChI is InChI=1S/C14H20N2O4/c1-14(2,3)16(4)13(18)20-12(17)15-10-6-8-11(19-5)9-7-10/h6-9H,1-5H3,(H,15,17). The highest BCUT2D eigenvalue weighted by atomic mass is 16.6. The second kappa shape index (κ2) is 6.27. The Morgan fingerprint density at radius 1 is 1.15 bits per heavy atom. The molecule has 0 heterocycles. The molecule has 0 radical (unpaired) electrons. The van der Waals surface area contributed by atoms with E-state index in [1.54, 1.807) is 38.4 Å². The van der Waals surface area contributed by atoms with Gasteiger partial charge in [-0.25, -0.2) is 9.59 Å². The molecule has 1 N–H and O–H groups in total. The van der Waals surface area contributed by atoms with Gasteiger partial charge in [0.2, 0.25) is 0 Å². The zero-order valence-corrected chi connectivity index (χ0v) is 12.4. The highest BCUT2D eigenvalue weighted by Gasteiger charge is 2.25. The average molecular weight is 280 g/mol. The SMILES string of the molecule is COc1ccc(NC(=O)OC(=O)N(C)C(C)(C)C)cc1. The Labute approximate surface area is 118 Å². The molecular weight excluding hydrogens is 260 g/mol. The number of nitrogens with one attached hydrogen (secondary N) is 1. The van der Waals surface area contributed by atoms with Crippen molar-refractivity contribution in [1.82, 2.24) is 4.90 Å². The third kappa shape index (κ3) is 4.46. The summed E-state index contributed by atoms with van der Waals surface area (Å²) in [5.41, 5.74) is 0.0966. The second-order valence-corrected chi connectivity index (χ2v) is 5.24. The number of ether oxygens (including phenoxy) is 2. The van der Waals surface area contributed by atoms with Crippen molar-refractivity contribution < 1.29 is 19.1 Å². The lowest BCUT2D eigenvalue weighted by Gasteiger charge is -2.30. The maximum absolute atomic E-state index is 11.7. The minimum absolute atomic E-state index is 0.419. The molecule has 20 heavy (non-hydrogen) atoms. The van der Waals surface area contributed by atoms with E-state index in [4.69, 9.17) is 9.47 Å². The van der Waals surface area contributed by atoms with Crippen molar-refractivity contribution in [2.24, 2.45) is 0 Å². The molecule has 0 bridgehead atoms. The van der Waals surface area contributed by atoms with E-state index in [1.165, 1.54) is 4.90 Å². The summed E-state index contributed by atoms with van der Waals surface area (Å²) in [5, 5.41) is 2.47. The molecule has 1 rings (SSSR count). The van der Waals surface area contributed by atoms with Crippen LogP contribution in [0.25, 0.3) is 0 Å². The first kappa shape index (κ1) is 15.8. The summed E-state index contributed by atoms with van der Waals surface area (Å²) in [7, 11) is 3.13. The molecule has 0 spiro atoms.